The fourth-order valence-corrected chi connectivity index (χ4v) is 2.98. The molecule has 0 bridgehead atoms. The summed E-state index contributed by atoms with van der Waals surface area (Å²) < 4.78 is 16.3. The zero-order valence-corrected chi connectivity index (χ0v) is 15.6. The lowest BCUT2D eigenvalue weighted by molar-refractivity contribution is 0.106. The molecule has 1 saturated heterocycles. The highest BCUT2D eigenvalue weighted by atomic mass is 16.5. The van der Waals surface area contributed by atoms with Gasteiger partial charge < -0.3 is 24.4 Å². The Bertz CT molecular complexity index is 749. The van der Waals surface area contributed by atoms with Crippen LogP contribution in [0.4, 0.5) is 4.79 Å². The minimum atomic E-state index is -0.0808. The van der Waals surface area contributed by atoms with Gasteiger partial charge in [-0.15, -0.1) is 5.10 Å². The number of rotatable bonds is 6. The summed E-state index contributed by atoms with van der Waals surface area (Å²) in [7, 11) is 3.18. The van der Waals surface area contributed by atoms with Crippen molar-refractivity contribution in [2.24, 2.45) is 0 Å². The molecule has 1 aromatic heterocycles. The van der Waals surface area contributed by atoms with Crippen molar-refractivity contribution in [3.05, 3.63) is 42.1 Å². The third kappa shape index (κ3) is 4.99. The summed E-state index contributed by atoms with van der Waals surface area (Å²) in [5.74, 6) is 1.83. The monoisotopic (exact) mass is 372 g/mol. The van der Waals surface area contributed by atoms with Gasteiger partial charge in [-0.25, -0.2) is 4.79 Å². The number of benzene rings is 1. The van der Waals surface area contributed by atoms with Crippen LogP contribution in [0.1, 0.15) is 18.4 Å². The first kappa shape index (κ1) is 18.8. The average molecular weight is 372 g/mol. The normalized spacial score (nSPS) is 14.5. The van der Waals surface area contributed by atoms with Crippen LogP contribution in [-0.2, 0) is 6.54 Å². The molecule has 0 saturated carbocycles. The maximum atomic E-state index is 12.4. The zero-order chi connectivity index (χ0) is 19.1. The molecule has 2 amide bonds. The lowest BCUT2D eigenvalue weighted by Crippen LogP contribution is -2.46. The second-order valence-corrected chi connectivity index (χ2v) is 6.21. The third-order valence-corrected chi connectivity index (χ3v) is 4.46. The average Bonchev–Trinajstić information content (AvgIpc) is 2.73. The molecule has 0 spiro atoms. The zero-order valence-electron chi connectivity index (χ0n) is 15.6. The van der Waals surface area contributed by atoms with Crippen LogP contribution in [0.25, 0.3) is 0 Å². The molecule has 1 aliphatic heterocycles. The Morgan fingerprint density at radius 3 is 2.63 bits per heavy atom. The predicted molar refractivity (Wildman–Crippen MR) is 99.0 cm³/mol. The molecule has 3 rings (SSSR count). The van der Waals surface area contributed by atoms with Crippen molar-refractivity contribution in [3.8, 4) is 17.4 Å². The van der Waals surface area contributed by atoms with Gasteiger partial charge >= 0.3 is 6.03 Å². The van der Waals surface area contributed by atoms with E-state index < -0.39 is 0 Å². The number of carbonyl (C=O) groups excluding carboxylic acids is 1. The Hall–Kier alpha value is -3.03. The van der Waals surface area contributed by atoms with Gasteiger partial charge in [0, 0.05) is 44.7 Å². The fraction of sp³-hybridized carbons (Fsp3) is 0.421. The van der Waals surface area contributed by atoms with Crippen molar-refractivity contribution in [2.75, 3.05) is 27.3 Å². The van der Waals surface area contributed by atoms with Crippen LogP contribution < -0.4 is 19.5 Å². The van der Waals surface area contributed by atoms with Crippen LogP contribution in [0, 0.1) is 0 Å². The van der Waals surface area contributed by atoms with Crippen molar-refractivity contribution in [3.63, 3.8) is 0 Å². The van der Waals surface area contributed by atoms with E-state index in [0.717, 1.165) is 18.4 Å². The fourth-order valence-electron chi connectivity index (χ4n) is 2.98. The van der Waals surface area contributed by atoms with Gasteiger partial charge in [0.2, 0.25) is 5.88 Å². The number of nitrogens with one attached hydrogen (secondary N) is 1. The van der Waals surface area contributed by atoms with E-state index in [2.05, 4.69) is 15.5 Å². The van der Waals surface area contributed by atoms with E-state index in [1.807, 2.05) is 18.2 Å². The first-order valence-electron chi connectivity index (χ1n) is 8.87. The number of piperidine rings is 1. The van der Waals surface area contributed by atoms with Crippen molar-refractivity contribution in [2.45, 2.75) is 25.5 Å². The highest BCUT2D eigenvalue weighted by Gasteiger charge is 2.24. The topological polar surface area (TPSA) is 85.8 Å². The predicted octanol–water partition coefficient (Wildman–Crippen LogP) is 2.25. The van der Waals surface area contributed by atoms with Crippen LogP contribution in [-0.4, -0.2) is 54.5 Å². The Morgan fingerprint density at radius 1 is 1.19 bits per heavy atom. The number of hydrogen-bond donors (Lipinski definition) is 1. The molecule has 0 unspecified atom stereocenters. The van der Waals surface area contributed by atoms with Crippen LogP contribution in [0.15, 0.2) is 36.5 Å². The lowest BCUT2D eigenvalue weighted by Gasteiger charge is -2.31. The molecule has 27 heavy (non-hydrogen) atoms. The van der Waals surface area contributed by atoms with E-state index in [-0.39, 0.29) is 12.1 Å². The SMILES string of the molecule is COc1ccc(CNC(=O)N2CCC(Oc3cccnn3)CC2)cc1OC. The van der Waals surface area contributed by atoms with Gasteiger partial charge in [0.25, 0.3) is 0 Å². The number of ether oxygens (including phenoxy) is 3. The molecule has 0 radical (unpaired) electrons. The summed E-state index contributed by atoms with van der Waals surface area (Å²) in [6.07, 6.45) is 3.19. The van der Waals surface area contributed by atoms with Gasteiger partial charge in [-0.05, 0) is 23.8 Å². The Balaban J connectivity index is 1.46. The minimum Gasteiger partial charge on any atom is -0.493 e. The Morgan fingerprint density at radius 2 is 1.96 bits per heavy atom. The van der Waals surface area contributed by atoms with Crippen molar-refractivity contribution >= 4 is 6.03 Å². The number of nitrogens with zero attached hydrogens (tertiary/aromatic N) is 3. The maximum Gasteiger partial charge on any atom is 0.317 e. The second-order valence-electron chi connectivity index (χ2n) is 6.21. The molecule has 1 aliphatic rings. The largest absolute Gasteiger partial charge is 0.493 e. The molecule has 0 atom stereocenters. The van der Waals surface area contributed by atoms with Gasteiger partial charge in [-0.3, -0.25) is 0 Å². The first-order valence-corrected chi connectivity index (χ1v) is 8.87. The number of carbonyl (C=O) groups is 1. The Kier molecular flexibility index (Phi) is 6.30. The van der Waals surface area contributed by atoms with Crippen molar-refractivity contribution in [1.29, 1.82) is 0 Å². The maximum absolute atomic E-state index is 12.4. The number of likely N-dealkylation sites (tertiary alicyclic amines) is 1. The molecular weight excluding hydrogens is 348 g/mol. The van der Waals surface area contributed by atoms with E-state index in [1.165, 1.54) is 0 Å². The van der Waals surface area contributed by atoms with Gasteiger partial charge in [0.05, 0.1) is 14.2 Å². The Labute approximate surface area is 158 Å². The molecular formula is C19H24N4O4. The number of methoxy groups -OCH3 is 2. The lowest BCUT2D eigenvalue weighted by atomic mass is 10.1. The molecule has 1 N–H and O–H groups in total. The van der Waals surface area contributed by atoms with Crippen molar-refractivity contribution in [1.82, 2.24) is 20.4 Å². The number of amides is 2. The summed E-state index contributed by atoms with van der Waals surface area (Å²) in [4.78, 5) is 14.2. The summed E-state index contributed by atoms with van der Waals surface area (Å²) in [6.45, 7) is 1.71. The van der Waals surface area contributed by atoms with Gasteiger partial charge in [0.1, 0.15) is 6.10 Å². The highest BCUT2D eigenvalue weighted by Crippen LogP contribution is 2.27. The minimum absolute atomic E-state index is 0.0524. The van der Waals surface area contributed by atoms with E-state index in [9.17, 15) is 4.79 Å². The molecule has 2 heterocycles. The van der Waals surface area contributed by atoms with Gasteiger partial charge in [0.15, 0.2) is 11.5 Å². The summed E-state index contributed by atoms with van der Waals surface area (Å²) >= 11 is 0. The van der Waals surface area contributed by atoms with Crippen LogP contribution in [0.5, 0.6) is 17.4 Å². The highest BCUT2D eigenvalue weighted by molar-refractivity contribution is 5.74. The van der Waals surface area contributed by atoms with Crippen LogP contribution in [0.2, 0.25) is 0 Å². The molecule has 1 aromatic carbocycles. The standard InChI is InChI=1S/C19H24N4O4/c1-25-16-6-5-14(12-17(16)26-2)13-20-19(24)23-10-7-15(8-11-23)27-18-4-3-9-21-22-18/h3-6,9,12,15H,7-8,10-11,13H2,1-2H3,(H,20,24). The summed E-state index contributed by atoms with van der Waals surface area (Å²) in [5.41, 5.74) is 0.946. The third-order valence-electron chi connectivity index (χ3n) is 4.46. The quantitative estimate of drug-likeness (QED) is 0.837. The first-order chi connectivity index (χ1) is 13.2. The number of hydrogen-bond acceptors (Lipinski definition) is 6. The molecule has 0 aliphatic carbocycles. The van der Waals surface area contributed by atoms with E-state index in [1.54, 1.807) is 37.4 Å². The molecule has 1 fully saturated rings. The van der Waals surface area contributed by atoms with E-state index in [4.69, 9.17) is 14.2 Å². The van der Waals surface area contributed by atoms with Crippen molar-refractivity contribution < 1.29 is 19.0 Å². The smallest absolute Gasteiger partial charge is 0.317 e. The number of urea groups is 1. The second kappa shape index (κ2) is 9.07. The molecule has 2 aromatic rings. The molecule has 8 nitrogen and oxygen atoms in total. The summed E-state index contributed by atoms with van der Waals surface area (Å²) in [6, 6.07) is 9.09. The summed E-state index contributed by atoms with van der Waals surface area (Å²) in [5, 5.41) is 10.7. The molecule has 8 heteroatoms. The molecule has 144 valence electrons. The van der Waals surface area contributed by atoms with Gasteiger partial charge in [-0.2, -0.15) is 5.10 Å². The van der Waals surface area contributed by atoms with Gasteiger partial charge in [-0.1, -0.05) is 6.07 Å². The van der Waals surface area contributed by atoms with E-state index in [0.29, 0.717) is 37.0 Å². The number of aromatic nitrogens is 2. The van der Waals surface area contributed by atoms with E-state index >= 15 is 0 Å². The van der Waals surface area contributed by atoms with Crippen LogP contribution in [0.3, 0.4) is 0 Å². The van der Waals surface area contributed by atoms with Crippen LogP contribution >= 0.6 is 0 Å².